The van der Waals surface area contributed by atoms with Crippen LogP contribution in [0, 0.1) is 0 Å². The number of hydrogen-bond acceptors (Lipinski definition) is 4. The van der Waals surface area contributed by atoms with Crippen molar-refractivity contribution in [3.63, 3.8) is 0 Å². The molecule has 2 aliphatic heterocycles. The largest absolute Gasteiger partial charge is 0.493 e. The predicted molar refractivity (Wildman–Crippen MR) is 93.0 cm³/mol. The Morgan fingerprint density at radius 3 is 2.24 bits per heavy atom. The molecule has 1 aromatic rings. The van der Waals surface area contributed by atoms with Crippen LogP contribution >= 0.6 is 0 Å². The molecule has 0 radical (unpaired) electrons. The fourth-order valence-electron chi connectivity index (χ4n) is 4.85. The van der Waals surface area contributed by atoms with Gasteiger partial charge in [-0.25, -0.2) is 0 Å². The smallest absolute Gasteiger partial charge is 0.314 e. The molecule has 1 saturated carbocycles. The molecule has 5 nitrogen and oxygen atoms in total. The van der Waals surface area contributed by atoms with E-state index >= 15 is 0 Å². The first-order chi connectivity index (χ1) is 12.2. The number of methoxy groups -OCH3 is 1. The van der Waals surface area contributed by atoms with Crippen LogP contribution in [0.2, 0.25) is 0 Å². The zero-order chi connectivity index (χ0) is 17.4. The maximum absolute atomic E-state index is 12.5. The maximum Gasteiger partial charge on any atom is 0.314 e. The molecule has 1 aromatic carbocycles. The van der Waals surface area contributed by atoms with Crippen LogP contribution in [0.1, 0.15) is 61.6 Å². The SMILES string of the molecule is COc1c2c(c(C3(C(=O)O)CCCCC3)c3c1OCCC3)OCCC2. The third kappa shape index (κ3) is 2.47. The number of carbonyl (C=O) groups is 1. The Morgan fingerprint density at radius 2 is 1.60 bits per heavy atom. The molecule has 0 bridgehead atoms. The quantitative estimate of drug-likeness (QED) is 0.905. The maximum atomic E-state index is 12.5. The van der Waals surface area contributed by atoms with Crippen LogP contribution in [0.4, 0.5) is 0 Å². The second kappa shape index (κ2) is 6.43. The van der Waals surface area contributed by atoms with Crippen LogP contribution in [-0.2, 0) is 23.1 Å². The summed E-state index contributed by atoms with van der Waals surface area (Å²) in [5, 5.41) is 10.2. The minimum absolute atomic E-state index is 0.637. The molecule has 4 rings (SSSR count). The molecule has 1 fully saturated rings. The lowest BCUT2D eigenvalue weighted by Gasteiger charge is -2.39. The molecular formula is C20H26O5. The fourth-order valence-corrected chi connectivity index (χ4v) is 4.85. The number of ether oxygens (including phenoxy) is 3. The van der Waals surface area contributed by atoms with E-state index in [2.05, 4.69) is 0 Å². The number of carboxylic acid groups (broad SMARTS) is 1. The van der Waals surface area contributed by atoms with Crippen molar-refractivity contribution in [2.24, 2.45) is 0 Å². The molecule has 25 heavy (non-hydrogen) atoms. The number of carboxylic acids is 1. The first-order valence-corrected chi connectivity index (χ1v) is 9.44. The lowest BCUT2D eigenvalue weighted by Crippen LogP contribution is -2.40. The minimum atomic E-state index is -0.850. The van der Waals surface area contributed by atoms with E-state index in [9.17, 15) is 9.90 Å². The van der Waals surface area contributed by atoms with Crippen molar-refractivity contribution in [1.29, 1.82) is 0 Å². The molecule has 0 atom stereocenters. The van der Waals surface area contributed by atoms with Crippen LogP contribution in [-0.4, -0.2) is 31.4 Å². The van der Waals surface area contributed by atoms with Gasteiger partial charge in [-0.1, -0.05) is 19.3 Å². The molecule has 0 unspecified atom stereocenters. The summed E-state index contributed by atoms with van der Waals surface area (Å²) < 4.78 is 17.8. The van der Waals surface area contributed by atoms with Gasteiger partial charge < -0.3 is 19.3 Å². The van der Waals surface area contributed by atoms with Gasteiger partial charge in [-0.2, -0.15) is 0 Å². The molecule has 1 N–H and O–H groups in total. The number of benzene rings is 1. The van der Waals surface area contributed by atoms with Crippen molar-refractivity contribution in [1.82, 2.24) is 0 Å². The van der Waals surface area contributed by atoms with Gasteiger partial charge in [0.2, 0.25) is 0 Å². The molecule has 0 saturated heterocycles. The van der Waals surface area contributed by atoms with Crippen molar-refractivity contribution in [3.8, 4) is 17.2 Å². The van der Waals surface area contributed by atoms with Gasteiger partial charge in [0, 0.05) is 16.7 Å². The molecule has 0 amide bonds. The van der Waals surface area contributed by atoms with E-state index < -0.39 is 11.4 Å². The summed E-state index contributed by atoms with van der Waals surface area (Å²) in [5.41, 5.74) is 2.05. The van der Waals surface area contributed by atoms with Gasteiger partial charge in [0.05, 0.1) is 25.7 Å². The molecule has 1 aliphatic carbocycles. The highest BCUT2D eigenvalue weighted by atomic mass is 16.5. The Labute approximate surface area is 148 Å². The normalized spacial score (nSPS) is 21.3. The van der Waals surface area contributed by atoms with Crippen LogP contribution in [0.25, 0.3) is 0 Å². The number of rotatable bonds is 3. The van der Waals surface area contributed by atoms with Gasteiger partial charge in [-0.3, -0.25) is 4.79 Å². The summed E-state index contributed by atoms with van der Waals surface area (Å²) in [7, 11) is 1.66. The van der Waals surface area contributed by atoms with E-state index in [-0.39, 0.29) is 0 Å². The third-order valence-corrected chi connectivity index (χ3v) is 5.99. The van der Waals surface area contributed by atoms with Crippen LogP contribution in [0.5, 0.6) is 17.2 Å². The van der Waals surface area contributed by atoms with Crippen molar-refractivity contribution in [2.75, 3.05) is 20.3 Å². The van der Waals surface area contributed by atoms with Crippen molar-refractivity contribution in [3.05, 3.63) is 16.7 Å². The van der Waals surface area contributed by atoms with Crippen molar-refractivity contribution in [2.45, 2.75) is 63.2 Å². The average Bonchev–Trinajstić information content (AvgIpc) is 2.66. The number of aliphatic carboxylic acids is 1. The summed E-state index contributed by atoms with van der Waals surface area (Å²) in [4.78, 5) is 12.5. The highest BCUT2D eigenvalue weighted by Gasteiger charge is 2.47. The molecule has 0 spiro atoms. The van der Waals surface area contributed by atoms with Crippen LogP contribution < -0.4 is 14.2 Å². The summed E-state index contributed by atoms with van der Waals surface area (Å²) in [6.07, 6.45) is 7.84. The zero-order valence-electron chi connectivity index (χ0n) is 14.9. The number of fused-ring (bicyclic) bond motifs is 2. The third-order valence-electron chi connectivity index (χ3n) is 5.99. The lowest BCUT2D eigenvalue weighted by molar-refractivity contribution is -0.145. The summed E-state index contributed by atoms with van der Waals surface area (Å²) in [6, 6.07) is 0. The van der Waals surface area contributed by atoms with Gasteiger partial charge in [0.25, 0.3) is 0 Å². The molecule has 5 heteroatoms. The fraction of sp³-hybridized carbons (Fsp3) is 0.650. The second-order valence-electron chi connectivity index (χ2n) is 7.38. The van der Waals surface area contributed by atoms with Gasteiger partial charge in [0.15, 0.2) is 11.5 Å². The molecule has 136 valence electrons. The first kappa shape index (κ1) is 16.6. The van der Waals surface area contributed by atoms with Crippen molar-refractivity contribution < 1.29 is 24.1 Å². The van der Waals surface area contributed by atoms with Gasteiger partial charge in [0.1, 0.15) is 5.75 Å². The average molecular weight is 346 g/mol. The molecule has 0 aromatic heterocycles. The van der Waals surface area contributed by atoms with Gasteiger partial charge in [-0.15, -0.1) is 0 Å². The Morgan fingerprint density at radius 1 is 0.960 bits per heavy atom. The van der Waals surface area contributed by atoms with Crippen molar-refractivity contribution >= 4 is 5.97 Å². The first-order valence-electron chi connectivity index (χ1n) is 9.44. The van der Waals surface area contributed by atoms with Gasteiger partial charge >= 0.3 is 5.97 Å². The van der Waals surface area contributed by atoms with Gasteiger partial charge in [-0.05, 0) is 38.5 Å². The van der Waals surface area contributed by atoms with Crippen LogP contribution in [0.15, 0.2) is 0 Å². The highest BCUT2D eigenvalue weighted by molar-refractivity contribution is 5.85. The monoisotopic (exact) mass is 346 g/mol. The second-order valence-corrected chi connectivity index (χ2v) is 7.38. The lowest BCUT2D eigenvalue weighted by atomic mass is 9.66. The minimum Gasteiger partial charge on any atom is -0.493 e. The Bertz CT molecular complexity index is 651. The van der Waals surface area contributed by atoms with E-state index in [0.29, 0.717) is 26.1 Å². The van der Waals surface area contributed by atoms with E-state index in [4.69, 9.17) is 14.2 Å². The molecule has 2 heterocycles. The van der Waals surface area contributed by atoms with Crippen LogP contribution in [0.3, 0.4) is 0 Å². The molecule has 3 aliphatic rings. The predicted octanol–water partition coefficient (Wildman–Crippen LogP) is 3.63. The Hall–Kier alpha value is -1.91. The molecular weight excluding hydrogens is 320 g/mol. The topological polar surface area (TPSA) is 65.0 Å². The standard InChI is InChI=1S/C20H26O5/c1-23-17-14-8-6-11-24-16(14)15(13-7-5-12-25-18(13)17)20(19(21)22)9-3-2-4-10-20/h2-12H2,1H3,(H,21,22). The number of hydrogen-bond donors (Lipinski definition) is 1. The van der Waals surface area contributed by atoms with E-state index in [1.165, 1.54) is 0 Å². The van der Waals surface area contributed by atoms with E-state index in [1.807, 2.05) is 0 Å². The summed E-state index contributed by atoms with van der Waals surface area (Å²) >= 11 is 0. The highest BCUT2D eigenvalue weighted by Crippen LogP contribution is 2.54. The van der Waals surface area contributed by atoms with E-state index in [0.717, 1.165) is 78.9 Å². The zero-order valence-corrected chi connectivity index (χ0v) is 14.9. The summed E-state index contributed by atoms with van der Waals surface area (Å²) in [5.74, 6) is 1.57. The summed E-state index contributed by atoms with van der Waals surface area (Å²) in [6.45, 7) is 1.29. The Kier molecular flexibility index (Phi) is 4.26. The Balaban J connectivity index is 2.02. The van der Waals surface area contributed by atoms with E-state index in [1.54, 1.807) is 7.11 Å².